The molecular formula is C20H22O4S. The lowest BCUT2D eigenvalue weighted by Crippen LogP contribution is -2.35. The fourth-order valence-corrected chi connectivity index (χ4v) is 3.85. The predicted octanol–water partition coefficient (Wildman–Crippen LogP) is 4.53. The van der Waals surface area contributed by atoms with Crippen molar-refractivity contribution in [3.05, 3.63) is 53.6 Å². The third-order valence-corrected chi connectivity index (χ3v) is 5.76. The van der Waals surface area contributed by atoms with E-state index in [1.165, 1.54) is 4.90 Å². The first-order valence-corrected chi connectivity index (χ1v) is 9.71. The molecule has 1 fully saturated rings. The zero-order valence-corrected chi connectivity index (χ0v) is 15.3. The molecule has 0 radical (unpaired) electrons. The van der Waals surface area contributed by atoms with E-state index in [4.69, 9.17) is 18.9 Å². The van der Waals surface area contributed by atoms with Gasteiger partial charge in [-0.2, -0.15) is 0 Å². The fourth-order valence-electron chi connectivity index (χ4n) is 3.44. The molecule has 2 aromatic rings. The lowest BCUT2D eigenvalue weighted by molar-refractivity contribution is -0.0948. The summed E-state index contributed by atoms with van der Waals surface area (Å²) in [5.74, 6) is 1.56. The van der Waals surface area contributed by atoms with E-state index >= 15 is 0 Å². The van der Waals surface area contributed by atoms with Crippen LogP contribution in [-0.2, 0) is 15.1 Å². The van der Waals surface area contributed by atoms with Gasteiger partial charge in [-0.1, -0.05) is 18.2 Å². The summed E-state index contributed by atoms with van der Waals surface area (Å²) in [5.41, 5.74) is 1.84. The molecule has 2 aliphatic heterocycles. The molecule has 4 rings (SSSR count). The average Bonchev–Trinajstić information content (AvgIpc) is 3.12. The third kappa shape index (κ3) is 3.12. The number of rotatable bonds is 4. The van der Waals surface area contributed by atoms with Crippen LogP contribution in [0, 0.1) is 0 Å². The summed E-state index contributed by atoms with van der Waals surface area (Å²) in [6, 6.07) is 14.4. The van der Waals surface area contributed by atoms with E-state index in [2.05, 4.69) is 42.7 Å². The second-order valence-corrected chi connectivity index (χ2v) is 7.19. The Morgan fingerprint density at radius 1 is 1.00 bits per heavy atom. The van der Waals surface area contributed by atoms with Crippen LogP contribution in [0.15, 0.2) is 47.4 Å². The Bertz CT molecular complexity index is 738. The zero-order chi connectivity index (χ0) is 17.3. The maximum Gasteiger partial charge on any atom is 0.267 e. The topological polar surface area (TPSA) is 36.9 Å². The average molecular weight is 358 g/mol. The molecule has 2 heterocycles. The molecule has 0 aliphatic carbocycles. The number of thioether (sulfide) groups is 1. The van der Waals surface area contributed by atoms with Gasteiger partial charge in [0.25, 0.3) is 6.29 Å². The first-order chi connectivity index (χ1) is 12.2. The molecule has 0 amide bonds. The van der Waals surface area contributed by atoms with Crippen LogP contribution < -0.4 is 9.47 Å². The van der Waals surface area contributed by atoms with Gasteiger partial charge in [-0.25, -0.2) is 0 Å². The number of hydrogen-bond acceptors (Lipinski definition) is 5. The van der Waals surface area contributed by atoms with Crippen LogP contribution in [-0.4, -0.2) is 26.6 Å². The first kappa shape index (κ1) is 16.8. The molecule has 0 spiro atoms. The molecule has 1 atom stereocenters. The lowest BCUT2D eigenvalue weighted by Gasteiger charge is -2.36. The van der Waals surface area contributed by atoms with E-state index in [9.17, 15) is 0 Å². The van der Waals surface area contributed by atoms with Gasteiger partial charge in [0.2, 0.25) is 0 Å². The van der Waals surface area contributed by atoms with E-state index in [-0.39, 0.29) is 5.60 Å². The minimum Gasteiger partial charge on any atom is -0.447 e. The Morgan fingerprint density at radius 3 is 2.40 bits per heavy atom. The van der Waals surface area contributed by atoms with Gasteiger partial charge in [0.1, 0.15) is 0 Å². The monoisotopic (exact) mass is 358 g/mol. The number of benzene rings is 2. The van der Waals surface area contributed by atoms with Crippen LogP contribution in [0.5, 0.6) is 11.5 Å². The minimum absolute atomic E-state index is 0.297. The molecule has 2 aliphatic rings. The Labute approximate surface area is 152 Å². The van der Waals surface area contributed by atoms with Crippen molar-refractivity contribution in [3.63, 3.8) is 0 Å². The first-order valence-electron chi connectivity index (χ1n) is 8.49. The largest absolute Gasteiger partial charge is 0.447 e. The Kier molecular flexibility index (Phi) is 4.63. The molecule has 5 heteroatoms. The van der Waals surface area contributed by atoms with Crippen molar-refractivity contribution < 1.29 is 18.9 Å². The van der Waals surface area contributed by atoms with Crippen molar-refractivity contribution in [1.29, 1.82) is 0 Å². The van der Waals surface area contributed by atoms with Crippen LogP contribution in [0.4, 0.5) is 0 Å². The number of ether oxygens (including phenoxy) is 4. The van der Waals surface area contributed by atoms with Gasteiger partial charge in [0, 0.05) is 43.6 Å². The summed E-state index contributed by atoms with van der Waals surface area (Å²) >= 11 is 1.72. The van der Waals surface area contributed by atoms with Crippen LogP contribution >= 0.6 is 11.8 Å². The molecule has 132 valence electrons. The van der Waals surface area contributed by atoms with Crippen LogP contribution in [0.3, 0.4) is 0 Å². The lowest BCUT2D eigenvalue weighted by atomic mass is 9.86. The molecule has 1 saturated heterocycles. The second-order valence-electron chi connectivity index (χ2n) is 6.31. The molecule has 0 aromatic heterocycles. The summed E-state index contributed by atoms with van der Waals surface area (Å²) in [7, 11) is 1.77. The highest BCUT2D eigenvalue weighted by molar-refractivity contribution is 7.98. The molecule has 0 bridgehead atoms. The van der Waals surface area contributed by atoms with Crippen LogP contribution in [0.1, 0.15) is 30.3 Å². The molecule has 0 N–H and O–H groups in total. The summed E-state index contributed by atoms with van der Waals surface area (Å²) in [4.78, 5) is 1.23. The zero-order valence-electron chi connectivity index (χ0n) is 14.5. The van der Waals surface area contributed by atoms with Gasteiger partial charge >= 0.3 is 0 Å². The van der Waals surface area contributed by atoms with E-state index in [0.29, 0.717) is 13.2 Å². The minimum atomic E-state index is -0.394. The normalized spacial score (nSPS) is 21.3. The van der Waals surface area contributed by atoms with E-state index in [1.54, 1.807) is 18.9 Å². The highest BCUT2D eigenvalue weighted by Crippen LogP contribution is 2.45. The number of fused-ring (bicyclic) bond motifs is 1. The Hall–Kier alpha value is -1.69. The van der Waals surface area contributed by atoms with Crippen molar-refractivity contribution in [2.24, 2.45) is 0 Å². The van der Waals surface area contributed by atoms with Gasteiger partial charge in [-0.3, -0.25) is 0 Å². The Balaban J connectivity index is 1.57. The van der Waals surface area contributed by atoms with E-state index in [0.717, 1.165) is 35.5 Å². The predicted molar refractivity (Wildman–Crippen MR) is 97.4 cm³/mol. The summed E-state index contributed by atoms with van der Waals surface area (Å²) in [5, 5.41) is 0. The van der Waals surface area contributed by atoms with Crippen molar-refractivity contribution in [3.8, 4) is 11.5 Å². The van der Waals surface area contributed by atoms with Crippen LogP contribution in [0.2, 0.25) is 0 Å². The molecular weight excluding hydrogens is 336 g/mol. The van der Waals surface area contributed by atoms with Gasteiger partial charge in [0.15, 0.2) is 11.5 Å². The standard InChI is InChI=1S/C20H22O4S/c1-21-20(9-11-22-12-10-20)15-5-8-17-18(13-15)24-19(23-17)14-3-6-16(25-2)7-4-14/h3-8,13,19H,9-12H2,1-2H3. The molecule has 4 nitrogen and oxygen atoms in total. The van der Waals surface area contributed by atoms with Gasteiger partial charge in [0.05, 0.1) is 5.60 Å². The van der Waals surface area contributed by atoms with Gasteiger partial charge in [-0.05, 0) is 36.1 Å². The molecule has 2 aromatic carbocycles. The van der Waals surface area contributed by atoms with E-state index in [1.807, 2.05) is 6.07 Å². The summed E-state index contributed by atoms with van der Waals surface area (Å²) < 4.78 is 23.4. The maximum absolute atomic E-state index is 6.07. The summed E-state index contributed by atoms with van der Waals surface area (Å²) in [6.07, 6.45) is 3.37. The highest BCUT2D eigenvalue weighted by atomic mass is 32.2. The molecule has 1 unspecified atom stereocenters. The molecule has 25 heavy (non-hydrogen) atoms. The number of hydrogen-bond donors (Lipinski definition) is 0. The Morgan fingerprint density at radius 2 is 1.72 bits per heavy atom. The summed E-state index contributed by atoms with van der Waals surface area (Å²) in [6.45, 7) is 1.43. The van der Waals surface area contributed by atoms with Gasteiger partial charge < -0.3 is 18.9 Å². The SMILES string of the molecule is COC1(c2ccc3c(c2)OC(c2ccc(SC)cc2)O3)CCOCC1. The third-order valence-electron chi connectivity index (χ3n) is 5.02. The van der Waals surface area contributed by atoms with E-state index < -0.39 is 6.29 Å². The smallest absolute Gasteiger partial charge is 0.267 e. The van der Waals surface area contributed by atoms with Crippen molar-refractivity contribution in [1.82, 2.24) is 0 Å². The highest BCUT2D eigenvalue weighted by Gasteiger charge is 2.36. The van der Waals surface area contributed by atoms with Crippen molar-refractivity contribution >= 4 is 11.8 Å². The fraction of sp³-hybridized carbons (Fsp3) is 0.400. The van der Waals surface area contributed by atoms with Crippen molar-refractivity contribution in [2.75, 3.05) is 26.6 Å². The number of methoxy groups -OCH3 is 1. The van der Waals surface area contributed by atoms with Crippen molar-refractivity contribution in [2.45, 2.75) is 29.6 Å². The van der Waals surface area contributed by atoms with Crippen LogP contribution in [0.25, 0.3) is 0 Å². The molecule has 0 saturated carbocycles. The maximum atomic E-state index is 6.07. The van der Waals surface area contributed by atoms with Gasteiger partial charge in [-0.15, -0.1) is 11.8 Å². The second kappa shape index (κ2) is 6.90. The quantitative estimate of drug-likeness (QED) is 0.751.